The molecule has 2 amide bonds. The quantitative estimate of drug-likeness (QED) is 0.258. The number of fused-ring (bicyclic) bond motifs is 1. The van der Waals surface area contributed by atoms with Gasteiger partial charge in [0, 0.05) is 36.8 Å². The van der Waals surface area contributed by atoms with Gasteiger partial charge in [-0.3, -0.25) is 25.0 Å². The van der Waals surface area contributed by atoms with Crippen molar-refractivity contribution in [3.63, 3.8) is 0 Å². The molecule has 0 radical (unpaired) electrons. The first-order chi connectivity index (χ1) is 17.4. The lowest BCUT2D eigenvalue weighted by Gasteiger charge is -2.11. The number of halogens is 1. The molecule has 0 bridgehead atoms. The molecule has 3 N–H and O–H groups in total. The predicted octanol–water partition coefficient (Wildman–Crippen LogP) is 2.75. The van der Waals surface area contributed by atoms with Gasteiger partial charge in [-0.2, -0.15) is 0 Å². The molecule has 0 fully saturated rings. The van der Waals surface area contributed by atoms with Gasteiger partial charge in [-0.05, 0) is 42.8 Å². The molecule has 0 aliphatic rings. The molecule has 3 heterocycles. The second-order valence-corrected chi connectivity index (χ2v) is 7.94. The van der Waals surface area contributed by atoms with Gasteiger partial charge < -0.3 is 9.88 Å². The number of nitrogens with one attached hydrogen (secondary N) is 3. The molecule has 5 aromatic rings. The van der Waals surface area contributed by atoms with Crippen LogP contribution < -0.4 is 16.2 Å². The number of carbonyl (C=O) groups is 2. The third kappa shape index (κ3) is 4.46. The van der Waals surface area contributed by atoms with Gasteiger partial charge in [-0.15, -0.1) is 10.2 Å². The minimum Gasteiger partial charge on any atom is -0.327 e. The van der Waals surface area contributed by atoms with E-state index in [1.54, 1.807) is 60.5 Å². The first-order valence-corrected chi connectivity index (χ1v) is 10.8. The number of hydrazine groups is 1. The summed E-state index contributed by atoms with van der Waals surface area (Å²) >= 11 is 0. The smallest absolute Gasteiger partial charge is 0.327 e. The van der Waals surface area contributed by atoms with Crippen molar-refractivity contribution in [1.82, 2.24) is 34.7 Å². The highest BCUT2D eigenvalue weighted by Gasteiger charge is 2.17. The highest BCUT2D eigenvalue weighted by molar-refractivity contribution is 6.39. The number of imidazole rings is 2. The van der Waals surface area contributed by atoms with Crippen molar-refractivity contribution in [1.29, 1.82) is 0 Å². The van der Waals surface area contributed by atoms with Gasteiger partial charge in [0.1, 0.15) is 18.0 Å². The Labute approximate surface area is 204 Å². The van der Waals surface area contributed by atoms with E-state index in [-0.39, 0.29) is 11.6 Å². The van der Waals surface area contributed by atoms with Gasteiger partial charge in [-0.1, -0.05) is 12.1 Å². The van der Waals surface area contributed by atoms with E-state index in [4.69, 9.17) is 0 Å². The van der Waals surface area contributed by atoms with Crippen LogP contribution in [-0.2, 0) is 16.6 Å². The summed E-state index contributed by atoms with van der Waals surface area (Å²) in [4.78, 5) is 33.3. The van der Waals surface area contributed by atoms with Gasteiger partial charge in [-0.25, -0.2) is 14.4 Å². The van der Waals surface area contributed by atoms with Crippen molar-refractivity contribution in [3.8, 4) is 17.2 Å². The maximum absolute atomic E-state index is 13.6. The van der Waals surface area contributed by atoms with E-state index in [9.17, 15) is 14.0 Å². The lowest BCUT2D eigenvalue weighted by atomic mass is 10.1. The monoisotopic (exact) mass is 485 g/mol. The number of aromatic nitrogens is 6. The van der Waals surface area contributed by atoms with Gasteiger partial charge >= 0.3 is 11.8 Å². The fraction of sp³-hybridized carbons (Fsp3) is 0.0833. The number of hydrogen-bond acceptors (Lipinski definition) is 7. The topological polar surface area (TPSA) is 132 Å². The van der Waals surface area contributed by atoms with Crippen molar-refractivity contribution >= 4 is 34.4 Å². The van der Waals surface area contributed by atoms with E-state index in [1.165, 1.54) is 12.1 Å². The summed E-state index contributed by atoms with van der Waals surface area (Å²) in [7, 11) is 1.82. The number of rotatable bonds is 5. The average Bonchev–Trinajstić information content (AvgIpc) is 3.52. The predicted molar refractivity (Wildman–Crippen MR) is 130 cm³/mol. The zero-order chi connectivity index (χ0) is 25.2. The Morgan fingerprint density at radius 1 is 1.00 bits per heavy atom. The van der Waals surface area contributed by atoms with Crippen LogP contribution in [0.3, 0.4) is 0 Å². The van der Waals surface area contributed by atoms with E-state index in [0.29, 0.717) is 28.4 Å². The lowest BCUT2D eigenvalue weighted by Crippen LogP contribution is -2.39. The zero-order valence-electron chi connectivity index (χ0n) is 19.2. The highest BCUT2D eigenvalue weighted by atomic mass is 19.1. The molecule has 3 aromatic heterocycles. The Morgan fingerprint density at radius 2 is 1.86 bits per heavy atom. The summed E-state index contributed by atoms with van der Waals surface area (Å²) in [5, 5.41) is 10.6. The number of benzene rings is 2. The third-order valence-corrected chi connectivity index (χ3v) is 5.52. The van der Waals surface area contributed by atoms with E-state index < -0.39 is 11.8 Å². The number of carbonyl (C=O) groups excluding carboxylic acids is 2. The second-order valence-electron chi connectivity index (χ2n) is 7.94. The summed E-state index contributed by atoms with van der Waals surface area (Å²) in [6.07, 6.45) is 4.91. The van der Waals surface area contributed by atoms with Gasteiger partial charge in [0.05, 0.1) is 11.0 Å². The van der Waals surface area contributed by atoms with Crippen molar-refractivity contribution in [2.75, 3.05) is 10.7 Å². The normalized spacial score (nSPS) is 10.9. The van der Waals surface area contributed by atoms with Crippen molar-refractivity contribution in [3.05, 3.63) is 78.6 Å². The van der Waals surface area contributed by atoms with E-state index >= 15 is 0 Å². The van der Waals surface area contributed by atoms with Crippen LogP contribution in [0.4, 0.5) is 15.9 Å². The number of amides is 2. The fourth-order valence-corrected chi connectivity index (χ4v) is 3.61. The number of anilines is 2. The lowest BCUT2D eigenvalue weighted by molar-refractivity contribution is -0.135. The molecule has 180 valence electrons. The van der Waals surface area contributed by atoms with Crippen LogP contribution in [0.2, 0.25) is 0 Å². The summed E-state index contributed by atoms with van der Waals surface area (Å²) in [5.41, 5.74) is 8.03. The Hall–Kier alpha value is -5.13. The minimum absolute atomic E-state index is 0.247. The van der Waals surface area contributed by atoms with Gasteiger partial charge in [0.25, 0.3) is 0 Å². The molecule has 2 aromatic carbocycles. The van der Waals surface area contributed by atoms with E-state index in [2.05, 4.69) is 36.3 Å². The minimum atomic E-state index is -0.918. The molecule has 0 saturated heterocycles. The zero-order valence-corrected chi connectivity index (χ0v) is 19.2. The molecule has 0 saturated carbocycles. The molecule has 0 aliphatic heterocycles. The molecular weight excluding hydrogens is 465 g/mol. The molecular formula is C24H20FN9O2. The fourth-order valence-electron chi connectivity index (χ4n) is 3.61. The molecule has 0 spiro atoms. The van der Waals surface area contributed by atoms with Crippen LogP contribution in [0, 0.1) is 12.7 Å². The highest BCUT2D eigenvalue weighted by Crippen LogP contribution is 2.28. The van der Waals surface area contributed by atoms with Crippen molar-refractivity contribution < 1.29 is 14.0 Å². The van der Waals surface area contributed by atoms with E-state index in [0.717, 1.165) is 11.1 Å². The van der Waals surface area contributed by atoms with Crippen molar-refractivity contribution in [2.24, 2.45) is 7.05 Å². The summed E-state index contributed by atoms with van der Waals surface area (Å²) in [5.74, 6) is -0.783. The largest absolute Gasteiger partial charge is 0.328 e. The third-order valence-electron chi connectivity index (χ3n) is 5.52. The molecule has 11 nitrogen and oxygen atoms in total. The SMILES string of the molecule is Cc1ccc(-c2nc3cc(F)ccc3n2C)cc1NC(=O)C(=O)NNc1ccc(-n2ccnc2)nn1. The standard InChI is InChI=1S/C24H20FN9O2/c1-14-3-4-15(22-27-18-12-16(25)5-6-19(18)33(22)2)11-17(14)28-23(35)24(36)32-30-20-7-8-21(31-29-20)34-10-9-26-13-34/h3-13H,1-2H3,(H,28,35)(H,29,30)(H,32,36). The molecule has 0 unspecified atom stereocenters. The van der Waals surface area contributed by atoms with Crippen LogP contribution in [0.25, 0.3) is 28.2 Å². The Kier molecular flexibility index (Phi) is 5.82. The summed E-state index contributed by atoms with van der Waals surface area (Å²) in [6, 6.07) is 13.0. The molecule has 36 heavy (non-hydrogen) atoms. The molecule has 0 aliphatic carbocycles. The number of aryl methyl sites for hydroxylation is 2. The van der Waals surface area contributed by atoms with Crippen LogP contribution in [0.5, 0.6) is 0 Å². The van der Waals surface area contributed by atoms with E-state index in [1.807, 2.05) is 17.7 Å². The Balaban J connectivity index is 1.27. The average molecular weight is 485 g/mol. The first-order valence-electron chi connectivity index (χ1n) is 10.8. The second kappa shape index (κ2) is 9.25. The summed E-state index contributed by atoms with van der Waals surface area (Å²) < 4.78 is 17.1. The van der Waals surface area contributed by atoms with Gasteiger partial charge in [0.2, 0.25) is 0 Å². The summed E-state index contributed by atoms with van der Waals surface area (Å²) in [6.45, 7) is 1.80. The van der Waals surface area contributed by atoms with Crippen molar-refractivity contribution in [2.45, 2.75) is 6.92 Å². The number of nitrogens with zero attached hydrogens (tertiary/aromatic N) is 6. The van der Waals surface area contributed by atoms with Crippen LogP contribution in [-0.4, -0.2) is 41.1 Å². The maximum Gasteiger partial charge on any atom is 0.328 e. The molecule has 5 rings (SSSR count). The van der Waals surface area contributed by atoms with Crippen LogP contribution in [0.15, 0.2) is 67.3 Å². The molecule has 12 heteroatoms. The van der Waals surface area contributed by atoms with Crippen LogP contribution >= 0.6 is 0 Å². The first kappa shape index (κ1) is 22.7. The Morgan fingerprint density at radius 3 is 2.61 bits per heavy atom. The molecule has 0 atom stereocenters. The van der Waals surface area contributed by atoms with Crippen LogP contribution in [0.1, 0.15) is 5.56 Å². The van der Waals surface area contributed by atoms with Gasteiger partial charge in [0.15, 0.2) is 11.6 Å². The Bertz CT molecular complexity index is 1580. The number of hydrogen-bond donors (Lipinski definition) is 3. The maximum atomic E-state index is 13.6.